The van der Waals surface area contributed by atoms with Gasteiger partial charge in [0.25, 0.3) is 0 Å². The van der Waals surface area contributed by atoms with Crippen LogP contribution in [-0.4, -0.2) is 32.2 Å². The van der Waals surface area contributed by atoms with Gasteiger partial charge in [0.15, 0.2) is 5.75 Å². The number of carbonyl (C=O) groups is 1. The van der Waals surface area contributed by atoms with Crippen LogP contribution in [-0.2, 0) is 26.1 Å². The molecule has 1 aromatic rings. The Morgan fingerprint density at radius 1 is 1.53 bits per heavy atom. The number of nitrogens with zero attached hydrogens (tertiary/aromatic N) is 1. The molecule has 0 bridgehead atoms. The number of nitrogens with one attached hydrogen (secondary N) is 1. The molecule has 1 heterocycles. The topological polar surface area (TPSA) is 111 Å². The highest BCUT2D eigenvalue weighted by Gasteiger charge is 2.17. The van der Waals surface area contributed by atoms with Crippen molar-refractivity contribution in [2.24, 2.45) is 5.73 Å². The highest BCUT2D eigenvalue weighted by atomic mass is 32.2. The first kappa shape index (κ1) is 13.4. The van der Waals surface area contributed by atoms with Crippen molar-refractivity contribution in [1.29, 1.82) is 0 Å². The third-order valence-corrected chi connectivity index (χ3v) is 2.95. The maximum Gasteiger partial charge on any atom is 0.322 e. The number of aromatic nitrogens is 1. The van der Waals surface area contributed by atoms with Gasteiger partial charge in [-0.2, -0.15) is 0 Å². The van der Waals surface area contributed by atoms with Crippen LogP contribution in [0.4, 0.5) is 5.82 Å². The molecular formula is C9H13N3O4S. The van der Waals surface area contributed by atoms with E-state index in [0.29, 0.717) is 5.69 Å². The number of hydrogen-bond acceptors (Lipinski definition) is 6. The molecule has 0 spiro atoms. The summed E-state index contributed by atoms with van der Waals surface area (Å²) in [5, 5.41) is 0. The lowest BCUT2D eigenvalue weighted by molar-refractivity contribution is -0.137. The average Bonchev–Trinajstić information content (AvgIpc) is 2.27. The number of anilines is 1. The standard InChI is InChI=1S/C9H13N3O4S/c1-16-9(13)6-17(14,15)12-8-4-2-3-7(5-10)11-8/h2-4H,5-6,10H2,1H3,(H,11,12). The summed E-state index contributed by atoms with van der Waals surface area (Å²) in [6, 6.07) is 4.75. The fourth-order valence-electron chi connectivity index (χ4n) is 1.06. The minimum atomic E-state index is -3.80. The summed E-state index contributed by atoms with van der Waals surface area (Å²) in [6.07, 6.45) is 0. The molecule has 0 unspecified atom stereocenters. The average molecular weight is 259 g/mol. The predicted octanol–water partition coefficient (Wildman–Crippen LogP) is -0.545. The molecule has 0 saturated carbocycles. The van der Waals surface area contributed by atoms with Crippen LogP contribution in [0.15, 0.2) is 18.2 Å². The number of methoxy groups -OCH3 is 1. The van der Waals surface area contributed by atoms with Gasteiger partial charge in [0, 0.05) is 6.54 Å². The zero-order valence-corrected chi connectivity index (χ0v) is 10.0. The molecular weight excluding hydrogens is 246 g/mol. The molecule has 1 aromatic heterocycles. The van der Waals surface area contributed by atoms with Gasteiger partial charge in [0.1, 0.15) is 5.82 Å². The van der Waals surface area contributed by atoms with Gasteiger partial charge >= 0.3 is 5.97 Å². The van der Waals surface area contributed by atoms with Gasteiger partial charge in [0.2, 0.25) is 10.0 Å². The summed E-state index contributed by atoms with van der Waals surface area (Å²) in [7, 11) is -2.68. The second-order valence-corrected chi connectivity index (χ2v) is 4.88. The lowest BCUT2D eigenvalue weighted by Crippen LogP contribution is -2.24. The summed E-state index contributed by atoms with van der Waals surface area (Å²) in [4.78, 5) is 14.8. The Kier molecular flexibility index (Phi) is 4.41. The third-order valence-electron chi connectivity index (χ3n) is 1.81. The van der Waals surface area contributed by atoms with Crippen LogP contribution < -0.4 is 10.5 Å². The van der Waals surface area contributed by atoms with E-state index < -0.39 is 21.7 Å². The maximum atomic E-state index is 11.5. The molecule has 0 amide bonds. The van der Waals surface area contributed by atoms with Crippen LogP contribution in [0.5, 0.6) is 0 Å². The van der Waals surface area contributed by atoms with Gasteiger partial charge in [-0.05, 0) is 12.1 Å². The second-order valence-electron chi connectivity index (χ2n) is 3.16. The van der Waals surface area contributed by atoms with Crippen molar-refractivity contribution in [3.05, 3.63) is 23.9 Å². The first-order valence-corrected chi connectivity index (χ1v) is 6.35. The van der Waals surface area contributed by atoms with Crippen molar-refractivity contribution in [1.82, 2.24) is 4.98 Å². The van der Waals surface area contributed by atoms with Crippen molar-refractivity contribution in [3.63, 3.8) is 0 Å². The molecule has 0 aliphatic carbocycles. The van der Waals surface area contributed by atoms with Gasteiger partial charge < -0.3 is 10.5 Å². The molecule has 94 valence electrons. The Balaban J connectivity index is 2.79. The van der Waals surface area contributed by atoms with E-state index >= 15 is 0 Å². The number of rotatable bonds is 5. The number of esters is 1. The van der Waals surface area contributed by atoms with E-state index in [-0.39, 0.29) is 12.4 Å². The predicted molar refractivity (Wildman–Crippen MR) is 61.6 cm³/mol. The van der Waals surface area contributed by atoms with E-state index in [4.69, 9.17) is 5.73 Å². The van der Waals surface area contributed by atoms with Gasteiger partial charge in [-0.1, -0.05) is 6.07 Å². The van der Waals surface area contributed by atoms with Crippen LogP contribution in [0.1, 0.15) is 5.69 Å². The highest BCUT2D eigenvalue weighted by molar-refractivity contribution is 7.93. The first-order valence-electron chi connectivity index (χ1n) is 4.70. The molecule has 7 nitrogen and oxygen atoms in total. The summed E-state index contributed by atoms with van der Waals surface area (Å²) in [5.74, 6) is -1.47. The number of ether oxygens (including phenoxy) is 1. The Morgan fingerprint density at radius 2 is 2.24 bits per heavy atom. The summed E-state index contributed by atoms with van der Waals surface area (Å²) in [6.45, 7) is 0.201. The Labute approximate surface area is 99.0 Å². The van der Waals surface area contributed by atoms with Crippen molar-refractivity contribution in [3.8, 4) is 0 Å². The second kappa shape index (κ2) is 5.60. The normalized spacial score (nSPS) is 10.9. The highest BCUT2D eigenvalue weighted by Crippen LogP contribution is 2.07. The van der Waals surface area contributed by atoms with E-state index in [1.54, 1.807) is 12.1 Å². The van der Waals surface area contributed by atoms with Crippen molar-refractivity contribution >= 4 is 21.8 Å². The van der Waals surface area contributed by atoms with Gasteiger partial charge in [-0.25, -0.2) is 13.4 Å². The Hall–Kier alpha value is -1.67. The zero-order valence-electron chi connectivity index (χ0n) is 9.21. The smallest absolute Gasteiger partial charge is 0.322 e. The minimum Gasteiger partial charge on any atom is -0.468 e. The molecule has 0 saturated heterocycles. The molecule has 0 aliphatic rings. The number of pyridine rings is 1. The molecule has 0 fully saturated rings. The lowest BCUT2D eigenvalue weighted by atomic mass is 10.3. The summed E-state index contributed by atoms with van der Waals surface area (Å²) in [5.41, 5.74) is 5.92. The molecule has 8 heteroatoms. The molecule has 0 atom stereocenters. The van der Waals surface area contributed by atoms with Crippen molar-refractivity contribution in [2.75, 3.05) is 17.6 Å². The van der Waals surface area contributed by atoms with Crippen LogP contribution in [0, 0.1) is 0 Å². The first-order chi connectivity index (χ1) is 7.96. The Bertz CT molecular complexity index is 501. The van der Waals surface area contributed by atoms with Crippen LogP contribution in [0.2, 0.25) is 0 Å². The number of hydrogen-bond donors (Lipinski definition) is 2. The maximum absolute atomic E-state index is 11.5. The van der Waals surface area contributed by atoms with Crippen LogP contribution in [0.3, 0.4) is 0 Å². The summed E-state index contributed by atoms with van der Waals surface area (Å²) >= 11 is 0. The van der Waals surface area contributed by atoms with Crippen molar-refractivity contribution in [2.45, 2.75) is 6.54 Å². The Morgan fingerprint density at radius 3 is 2.82 bits per heavy atom. The number of nitrogens with two attached hydrogens (primary N) is 1. The zero-order chi connectivity index (χ0) is 12.9. The minimum absolute atomic E-state index is 0.122. The van der Waals surface area contributed by atoms with Crippen molar-refractivity contribution < 1.29 is 17.9 Å². The lowest BCUT2D eigenvalue weighted by Gasteiger charge is -2.06. The molecule has 3 N–H and O–H groups in total. The quantitative estimate of drug-likeness (QED) is 0.686. The van der Waals surface area contributed by atoms with Crippen LogP contribution >= 0.6 is 0 Å². The molecule has 17 heavy (non-hydrogen) atoms. The van der Waals surface area contributed by atoms with E-state index in [1.165, 1.54) is 6.07 Å². The summed E-state index contributed by atoms with van der Waals surface area (Å²) < 4.78 is 29.4. The largest absolute Gasteiger partial charge is 0.468 e. The SMILES string of the molecule is COC(=O)CS(=O)(=O)Nc1cccc(CN)n1. The monoisotopic (exact) mass is 259 g/mol. The van der Waals surface area contributed by atoms with Crippen LogP contribution in [0.25, 0.3) is 0 Å². The van der Waals surface area contributed by atoms with Gasteiger partial charge in [0.05, 0.1) is 12.8 Å². The molecule has 0 radical (unpaired) electrons. The third kappa shape index (κ3) is 4.37. The molecule has 0 aromatic carbocycles. The van der Waals surface area contributed by atoms with Gasteiger partial charge in [-0.3, -0.25) is 9.52 Å². The fourth-order valence-corrected chi connectivity index (χ4v) is 1.99. The van der Waals surface area contributed by atoms with E-state index in [9.17, 15) is 13.2 Å². The molecule has 1 rings (SSSR count). The van der Waals surface area contributed by atoms with E-state index in [0.717, 1.165) is 7.11 Å². The number of sulfonamides is 1. The van der Waals surface area contributed by atoms with E-state index in [1.807, 2.05) is 0 Å². The van der Waals surface area contributed by atoms with Gasteiger partial charge in [-0.15, -0.1) is 0 Å². The fraction of sp³-hybridized carbons (Fsp3) is 0.333. The number of carbonyl (C=O) groups excluding carboxylic acids is 1. The van der Waals surface area contributed by atoms with E-state index in [2.05, 4.69) is 14.4 Å². The molecule has 0 aliphatic heterocycles.